The van der Waals surface area contributed by atoms with Crippen molar-refractivity contribution in [3.8, 4) is 5.88 Å². The van der Waals surface area contributed by atoms with Crippen molar-refractivity contribution in [2.24, 2.45) is 0 Å². The van der Waals surface area contributed by atoms with Crippen molar-refractivity contribution in [1.82, 2.24) is 4.98 Å². The third-order valence-corrected chi connectivity index (χ3v) is 1.67. The molecule has 0 fully saturated rings. The molecule has 3 heteroatoms. The van der Waals surface area contributed by atoms with Crippen LogP contribution in [-0.4, -0.2) is 17.9 Å². The third-order valence-electron chi connectivity index (χ3n) is 1.67. The van der Waals surface area contributed by atoms with E-state index in [1.54, 1.807) is 12.1 Å². The van der Waals surface area contributed by atoms with Crippen LogP contribution in [0.4, 0.5) is 0 Å². The maximum Gasteiger partial charge on any atom is 0.189 e. The van der Waals surface area contributed by atoms with E-state index in [0.717, 1.165) is 10.9 Å². The number of rotatable bonds is 0. The van der Waals surface area contributed by atoms with Gasteiger partial charge in [0, 0.05) is 17.0 Å². The summed E-state index contributed by atoms with van der Waals surface area (Å²) in [6.45, 7) is 0. The molecule has 0 aliphatic rings. The van der Waals surface area contributed by atoms with E-state index in [1.165, 1.54) is 0 Å². The van der Waals surface area contributed by atoms with Crippen LogP contribution >= 0.6 is 0 Å². The second-order valence-electron chi connectivity index (χ2n) is 2.47. The topological polar surface area (TPSA) is 36.0 Å². The molecule has 2 radical (unpaired) electrons. The van der Waals surface area contributed by atoms with E-state index in [-0.39, 0.29) is 5.88 Å². The number of aromatic nitrogens is 1. The fraction of sp³-hybridized carbons (Fsp3) is 0. The van der Waals surface area contributed by atoms with Crippen LogP contribution in [0.1, 0.15) is 0 Å². The summed E-state index contributed by atoms with van der Waals surface area (Å²) in [6, 6.07) is 7.18. The van der Waals surface area contributed by atoms with Crippen LogP contribution < -0.4 is 5.46 Å². The van der Waals surface area contributed by atoms with Crippen LogP contribution in [0.2, 0.25) is 0 Å². The molecule has 2 nitrogen and oxygen atoms in total. The van der Waals surface area contributed by atoms with Crippen LogP contribution in [0.25, 0.3) is 10.9 Å². The number of H-pyrrole nitrogens is 1. The zero-order valence-electron chi connectivity index (χ0n) is 5.83. The molecule has 0 amide bonds. The summed E-state index contributed by atoms with van der Waals surface area (Å²) < 4.78 is 0. The minimum absolute atomic E-state index is 0.151. The Balaban J connectivity index is 2.90. The first kappa shape index (κ1) is 6.34. The van der Waals surface area contributed by atoms with Gasteiger partial charge in [-0.2, -0.15) is 0 Å². The standard InChI is InChI=1S/C8H6BNO/c9-6-3-1-2-5-4-7(11)10-8(5)6/h1-4,10-11H. The highest BCUT2D eigenvalue weighted by Gasteiger charge is 1.98. The summed E-state index contributed by atoms with van der Waals surface area (Å²) in [7, 11) is 5.63. The molecule has 0 saturated carbocycles. The van der Waals surface area contributed by atoms with Gasteiger partial charge in [-0.1, -0.05) is 23.7 Å². The van der Waals surface area contributed by atoms with E-state index in [0.29, 0.717) is 5.46 Å². The molecule has 0 aliphatic heterocycles. The van der Waals surface area contributed by atoms with Crippen LogP contribution in [0, 0.1) is 0 Å². The number of para-hydroxylation sites is 1. The number of hydrogen-bond acceptors (Lipinski definition) is 1. The summed E-state index contributed by atoms with van der Waals surface area (Å²) >= 11 is 0. The van der Waals surface area contributed by atoms with Crippen LogP contribution in [0.15, 0.2) is 24.3 Å². The monoisotopic (exact) mass is 143 g/mol. The highest BCUT2D eigenvalue weighted by atomic mass is 16.3. The second kappa shape index (κ2) is 2.05. The minimum atomic E-state index is 0.151. The Hall–Kier alpha value is -1.38. The molecular weight excluding hydrogens is 137 g/mol. The van der Waals surface area contributed by atoms with Crippen LogP contribution in [0.5, 0.6) is 5.88 Å². The zero-order chi connectivity index (χ0) is 7.84. The molecule has 11 heavy (non-hydrogen) atoms. The van der Waals surface area contributed by atoms with Gasteiger partial charge < -0.3 is 10.1 Å². The van der Waals surface area contributed by atoms with Gasteiger partial charge in [0.2, 0.25) is 0 Å². The maximum atomic E-state index is 9.07. The number of nitrogens with one attached hydrogen (secondary N) is 1. The van der Waals surface area contributed by atoms with Crippen molar-refractivity contribution in [3.63, 3.8) is 0 Å². The van der Waals surface area contributed by atoms with Gasteiger partial charge in [-0.3, -0.25) is 0 Å². The van der Waals surface area contributed by atoms with Crippen molar-refractivity contribution in [2.45, 2.75) is 0 Å². The maximum absolute atomic E-state index is 9.07. The molecule has 1 aromatic heterocycles. The molecule has 2 N–H and O–H groups in total. The molecule has 0 bridgehead atoms. The minimum Gasteiger partial charge on any atom is -0.495 e. The molecule has 0 spiro atoms. The highest BCUT2D eigenvalue weighted by molar-refractivity contribution is 6.38. The van der Waals surface area contributed by atoms with Crippen LogP contribution in [-0.2, 0) is 0 Å². The van der Waals surface area contributed by atoms with Gasteiger partial charge in [-0.05, 0) is 0 Å². The molecule has 1 aromatic carbocycles. The van der Waals surface area contributed by atoms with Gasteiger partial charge >= 0.3 is 0 Å². The predicted octanol–water partition coefficient (Wildman–Crippen LogP) is 0.667. The van der Waals surface area contributed by atoms with E-state index < -0.39 is 0 Å². The van der Waals surface area contributed by atoms with Crippen molar-refractivity contribution in [3.05, 3.63) is 24.3 Å². The first-order valence-electron chi connectivity index (χ1n) is 3.33. The van der Waals surface area contributed by atoms with Crippen molar-refractivity contribution >= 4 is 24.2 Å². The van der Waals surface area contributed by atoms with E-state index >= 15 is 0 Å². The Morgan fingerprint density at radius 1 is 1.36 bits per heavy atom. The van der Waals surface area contributed by atoms with Crippen molar-refractivity contribution in [2.75, 3.05) is 0 Å². The zero-order valence-corrected chi connectivity index (χ0v) is 5.83. The number of benzene rings is 1. The molecule has 0 atom stereocenters. The molecule has 2 aromatic rings. The molecule has 0 unspecified atom stereocenters. The van der Waals surface area contributed by atoms with Crippen LogP contribution in [0.3, 0.4) is 0 Å². The number of aromatic hydroxyl groups is 1. The van der Waals surface area contributed by atoms with Gasteiger partial charge in [0.25, 0.3) is 0 Å². The van der Waals surface area contributed by atoms with E-state index in [4.69, 9.17) is 13.0 Å². The summed E-state index contributed by atoms with van der Waals surface area (Å²) in [5, 5.41) is 10.0. The Kier molecular flexibility index (Phi) is 1.18. The van der Waals surface area contributed by atoms with Gasteiger partial charge in [0.05, 0.1) is 0 Å². The van der Waals surface area contributed by atoms with E-state index in [1.807, 2.05) is 12.1 Å². The SMILES string of the molecule is [B]c1cccc2cc(O)[nH]c12. The quantitative estimate of drug-likeness (QED) is 0.522. The summed E-state index contributed by atoms with van der Waals surface area (Å²) in [5.41, 5.74) is 1.45. The first-order valence-corrected chi connectivity index (χ1v) is 3.33. The lowest BCUT2D eigenvalue weighted by Gasteiger charge is -1.92. The summed E-state index contributed by atoms with van der Waals surface area (Å²) in [4.78, 5) is 2.76. The van der Waals surface area contributed by atoms with Crippen molar-refractivity contribution < 1.29 is 5.11 Å². The molecule has 52 valence electrons. The normalized spacial score (nSPS) is 10.5. The Morgan fingerprint density at radius 2 is 2.18 bits per heavy atom. The lowest BCUT2D eigenvalue weighted by molar-refractivity contribution is 0.458. The molecule has 0 aliphatic carbocycles. The van der Waals surface area contributed by atoms with Crippen molar-refractivity contribution in [1.29, 1.82) is 0 Å². The summed E-state index contributed by atoms with van der Waals surface area (Å²) in [5.74, 6) is 0.151. The predicted molar refractivity (Wildman–Crippen MR) is 45.4 cm³/mol. The van der Waals surface area contributed by atoms with E-state index in [9.17, 15) is 0 Å². The average molecular weight is 143 g/mol. The number of aromatic amines is 1. The number of hydrogen-bond donors (Lipinski definition) is 2. The van der Waals surface area contributed by atoms with Gasteiger partial charge in [0.15, 0.2) is 5.88 Å². The second-order valence-corrected chi connectivity index (χ2v) is 2.47. The van der Waals surface area contributed by atoms with Gasteiger partial charge in [0.1, 0.15) is 7.85 Å². The van der Waals surface area contributed by atoms with Gasteiger partial charge in [-0.15, -0.1) is 0 Å². The molecule has 1 heterocycles. The lowest BCUT2D eigenvalue weighted by Crippen LogP contribution is -2.01. The van der Waals surface area contributed by atoms with Gasteiger partial charge in [-0.25, -0.2) is 0 Å². The smallest absolute Gasteiger partial charge is 0.189 e. The highest BCUT2D eigenvalue weighted by Crippen LogP contribution is 2.16. The fourth-order valence-corrected chi connectivity index (χ4v) is 1.16. The molecule has 2 rings (SSSR count). The lowest BCUT2D eigenvalue weighted by atomic mass is 9.94. The van der Waals surface area contributed by atoms with E-state index in [2.05, 4.69) is 4.98 Å². The Bertz CT molecular complexity index is 394. The summed E-state index contributed by atoms with van der Waals surface area (Å²) in [6.07, 6.45) is 0. The fourth-order valence-electron chi connectivity index (χ4n) is 1.16. The number of fused-ring (bicyclic) bond motifs is 1. The molecule has 0 saturated heterocycles. The first-order chi connectivity index (χ1) is 5.27. The largest absolute Gasteiger partial charge is 0.495 e. The average Bonchev–Trinajstić information content (AvgIpc) is 2.31. The third kappa shape index (κ3) is 0.890. The Labute approximate surface area is 65.3 Å². The molecular formula is C8H6BNO. The Morgan fingerprint density at radius 3 is 2.91 bits per heavy atom.